The first kappa shape index (κ1) is 24.1. The number of pyridine rings is 1. The van der Waals surface area contributed by atoms with Crippen molar-refractivity contribution >= 4 is 26.8 Å². The number of hydrogen-bond donors (Lipinski definition) is 1. The molecule has 180 valence electrons. The van der Waals surface area contributed by atoms with Gasteiger partial charge in [0.05, 0.1) is 5.52 Å². The summed E-state index contributed by atoms with van der Waals surface area (Å²) in [6.07, 6.45) is 1.67. The number of aryl methyl sites for hydroxylation is 2. The molecule has 1 fully saturated rings. The highest BCUT2D eigenvalue weighted by molar-refractivity contribution is 7.89. The van der Waals surface area contributed by atoms with Crippen molar-refractivity contribution in [3.63, 3.8) is 0 Å². The molecule has 0 radical (unpaired) electrons. The number of nitrogens with one attached hydrogen (secondary N) is 1. The summed E-state index contributed by atoms with van der Waals surface area (Å²) in [4.78, 5) is 29.0. The maximum Gasteiger partial charge on any atom is 0.252 e. The molecule has 1 N–H and O–H groups in total. The molecule has 1 aromatic heterocycles. The zero-order valence-corrected chi connectivity index (χ0v) is 20.1. The molecule has 0 saturated carbocycles. The lowest BCUT2D eigenvalue weighted by atomic mass is 10.0. The molecule has 1 saturated heterocycles. The summed E-state index contributed by atoms with van der Waals surface area (Å²) in [6, 6.07) is 10.8. The minimum atomic E-state index is -4.23. The summed E-state index contributed by atoms with van der Waals surface area (Å²) in [5.74, 6) is -0.790. The van der Waals surface area contributed by atoms with Crippen LogP contribution in [0.25, 0.3) is 10.9 Å². The van der Waals surface area contributed by atoms with E-state index in [9.17, 15) is 22.4 Å². The average Bonchev–Trinajstić information content (AvgIpc) is 3.21. The van der Waals surface area contributed by atoms with Crippen LogP contribution in [0.2, 0.25) is 0 Å². The molecule has 1 amide bonds. The van der Waals surface area contributed by atoms with E-state index in [0.717, 1.165) is 33.3 Å². The number of aromatic amines is 1. The lowest BCUT2D eigenvalue weighted by Gasteiger charge is -2.24. The number of rotatable bonds is 8. The number of aromatic nitrogens is 1. The topological polar surface area (TPSA) is 90.6 Å². The van der Waals surface area contributed by atoms with Gasteiger partial charge in [-0.2, -0.15) is 4.31 Å². The van der Waals surface area contributed by atoms with Crippen LogP contribution >= 0.6 is 0 Å². The van der Waals surface area contributed by atoms with Crippen LogP contribution < -0.4 is 5.56 Å². The summed E-state index contributed by atoms with van der Waals surface area (Å²) in [7, 11) is -4.23. The van der Waals surface area contributed by atoms with Gasteiger partial charge in [-0.15, -0.1) is 0 Å². The normalized spacial score (nSPS) is 14.5. The van der Waals surface area contributed by atoms with Gasteiger partial charge in [0, 0.05) is 43.5 Å². The Morgan fingerprint density at radius 2 is 1.82 bits per heavy atom. The molecule has 0 atom stereocenters. The van der Waals surface area contributed by atoms with Crippen molar-refractivity contribution < 1.29 is 17.6 Å². The van der Waals surface area contributed by atoms with E-state index in [1.165, 1.54) is 18.2 Å². The molecular weight excluding hydrogens is 457 g/mol. The summed E-state index contributed by atoms with van der Waals surface area (Å²) < 4.78 is 42.5. The molecule has 9 heteroatoms. The minimum Gasteiger partial charge on any atom is -0.343 e. The summed E-state index contributed by atoms with van der Waals surface area (Å²) in [5.41, 5.74) is 2.47. The van der Waals surface area contributed by atoms with Crippen LogP contribution in [0.3, 0.4) is 0 Å². The number of halogens is 1. The number of H-pyrrole nitrogens is 1. The highest BCUT2D eigenvalue weighted by Gasteiger charge is 2.29. The van der Waals surface area contributed by atoms with Crippen molar-refractivity contribution in [3.8, 4) is 0 Å². The van der Waals surface area contributed by atoms with Gasteiger partial charge in [0.25, 0.3) is 5.56 Å². The monoisotopic (exact) mass is 485 g/mol. The number of hydrogen-bond acceptors (Lipinski definition) is 4. The molecule has 0 bridgehead atoms. The van der Waals surface area contributed by atoms with Gasteiger partial charge in [-0.1, -0.05) is 24.3 Å². The van der Waals surface area contributed by atoms with E-state index in [1.54, 1.807) is 11.0 Å². The van der Waals surface area contributed by atoms with Crippen LogP contribution in [0, 0.1) is 19.7 Å². The molecule has 1 aliphatic heterocycles. The van der Waals surface area contributed by atoms with Gasteiger partial charge >= 0.3 is 0 Å². The molecule has 7 nitrogen and oxygen atoms in total. The first-order chi connectivity index (χ1) is 16.2. The highest BCUT2D eigenvalue weighted by atomic mass is 32.2. The molecule has 0 aliphatic carbocycles. The van der Waals surface area contributed by atoms with Crippen LogP contribution in [0.4, 0.5) is 4.39 Å². The van der Waals surface area contributed by atoms with E-state index in [0.29, 0.717) is 31.4 Å². The number of sulfonamides is 1. The lowest BCUT2D eigenvalue weighted by molar-refractivity contribution is -0.127. The van der Waals surface area contributed by atoms with E-state index in [-0.39, 0.29) is 30.1 Å². The molecule has 2 aromatic carbocycles. The van der Waals surface area contributed by atoms with Gasteiger partial charge in [0.2, 0.25) is 15.9 Å². The Hall–Kier alpha value is -3.04. The van der Waals surface area contributed by atoms with Gasteiger partial charge in [-0.3, -0.25) is 9.59 Å². The molecular formula is C25H28FN3O4S. The molecule has 1 aliphatic rings. The highest BCUT2D eigenvalue weighted by Crippen LogP contribution is 2.24. The Balaban J connectivity index is 1.68. The number of amides is 1. The fraction of sp³-hybridized carbons (Fsp3) is 0.360. The fourth-order valence-corrected chi connectivity index (χ4v) is 5.90. The predicted octanol–water partition coefficient (Wildman–Crippen LogP) is 3.49. The zero-order chi connectivity index (χ0) is 24.5. The van der Waals surface area contributed by atoms with Crippen LogP contribution in [0.15, 0.2) is 52.2 Å². The molecule has 0 unspecified atom stereocenters. The maximum absolute atomic E-state index is 14.5. The van der Waals surface area contributed by atoms with Crippen molar-refractivity contribution in [1.82, 2.24) is 14.2 Å². The second kappa shape index (κ2) is 9.68. The average molecular weight is 486 g/mol. The fourth-order valence-electron chi connectivity index (χ4n) is 4.38. The van der Waals surface area contributed by atoms with Crippen LogP contribution in [-0.2, 0) is 21.4 Å². The van der Waals surface area contributed by atoms with E-state index >= 15 is 0 Å². The third kappa shape index (κ3) is 4.76. The Morgan fingerprint density at radius 3 is 2.53 bits per heavy atom. The van der Waals surface area contributed by atoms with Crippen LogP contribution in [0.1, 0.15) is 36.0 Å². The Kier molecular flexibility index (Phi) is 6.86. The van der Waals surface area contributed by atoms with E-state index in [1.807, 2.05) is 26.0 Å². The number of fused-ring (bicyclic) bond motifs is 1. The quantitative estimate of drug-likeness (QED) is 0.529. The Morgan fingerprint density at radius 1 is 1.09 bits per heavy atom. The summed E-state index contributed by atoms with van der Waals surface area (Å²) in [6.45, 7) is 4.72. The third-order valence-electron chi connectivity index (χ3n) is 6.33. The van der Waals surface area contributed by atoms with E-state index in [4.69, 9.17) is 0 Å². The Labute approximate surface area is 198 Å². The number of carbonyl (C=O) groups excluding carboxylic acids is 1. The van der Waals surface area contributed by atoms with E-state index < -0.39 is 20.7 Å². The van der Waals surface area contributed by atoms with Gasteiger partial charge in [0.1, 0.15) is 10.7 Å². The second-order valence-electron chi connectivity index (χ2n) is 8.72. The van der Waals surface area contributed by atoms with Crippen molar-refractivity contribution in [2.75, 3.05) is 19.6 Å². The van der Waals surface area contributed by atoms with Gasteiger partial charge < -0.3 is 9.88 Å². The standard InChI is InChI=1S/C25H28FN3O4S/c1-17-10-11-18(2)24-20(17)15-19(25(31)27-24)16-29(14-6-13-28-12-5-9-23(28)30)34(32,33)22-8-4-3-7-21(22)26/h3-4,7-8,10-11,15H,5-6,9,12-14,16H2,1-2H3,(H,27,31). The lowest BCUT2D eigenvalue weighted by Crippen LogP contribution is -2.36. The number of likely N-dealkylation sites (tertiary alicyclic amines) is 1. The van der Waals surface area contributed by atoms with Gasteiger partial charge in [0.15, 0.2) is 0 Å². The number of carbonyl (C=O) groups is 1. The SMILES string of the molecule is Cc1ccc(C)c2[nH]c(=O)c(CN(CCCN3CCCC3=O)S(=O)(=O)c3ccccc3F)cc12. The molecule has 34 heavy (non-hydrogen) atoms. The van der Waals surface area contributed by atoms with Crippen molar-refractivity contribution in [2.24, 2.45) is 0 Å². The molecule has 0 spiro atoms. The summed E-state index contributed by atoms with van der Waals surface area (Å²) >= 11 is 0. The van der Waals surface area contributed by atoms with Crippen LogP contribution in [0.5, 0.6) is 0 Å². The summed E-state index contributed by atoms with van der Waals surface area (Å²) in [5, 5.41) is 0.834. The molecule has 4 rings (SSSR count). The predicted molar refractivity (Wildman–Crippen MR) is 128 cm³/mol. The first-order valence-corrected chi connectivity index (χ1v) is 12.8. The largest absolute Gasteiger partial charge is 0.343 e. The second-order valence-corrected chi connectivity index (χ2v) is 10.6. The van der Waals surface area contributed by atoms with Crippen molar-refractivity contribution in [3.05, 3.63) is 75.3 Å². The minimum absolute atomic E-state index is 0.0464. The van der Waals surface area contributed by atoms with Crippen LogP contribution in [-0.4, -0.2) is 48.1 Å². The molecule has 3 aromatic rings. The zero-order valence-electron chi connectivity index (χ0n) is 19.3. The third-order valence-corrected chi connectivity index (χ3v) is 8.21. The maximum atomic E-state index is 14.5. The number of nitrogens with zero attached hydrogens (tertiary/aromatic N) is 2. The smallest absolute Gasteiger partial charge is 0.252 e. The van der Waals surface area contributed by atoms with E-state index in [2.05, 4.69) is 4.98 Å². The number of benzene rings is 2. The Bertz CT molecular complexity index is 1400. The van der Waals surface area contributed by atoms with Gasteiger partial charge in [-0.25, -0.2) is 12.8 Å². The molecule has 2 heterocycles. The van der Waals surface area contributed by atoms with Gasteiger partial charge in [-0.05, 0) is 56.0 Å². The van der Waals surface area contributed by atoms with Crippen molar-refractivity contribution in [2.45, 2.75) is 44.6 Å². The first-order valence-electron chi connectivity index (χ1n) is 11.3. The van der Waals surface area contributed by atoms with Crippen molar-refractivity contribution in [1.29, 1.82) is 0 Å².